The van der Waals surface area contributed by atoms with Gasteiger partial charge in [0.15, 0.2) is 5.96 Å². The molecule has 0 atom stereocenters. The summed E-state index contributed by atoms with van der Waals surface area (Å²) in [4.78, 5) is 11.8. The molecule has 1 aromatic heterocycles. The highest BCUT2D eigenvalue weighted by Gasteiger charge is 2.20. The number of aromatic nitrogens is 1. The summed E-state index contributed by atoms with van der Waals surface area (Å²) in [5, 5.41) is 11.0. The smallest absolute Gasteiger partial charge is 0.191 e. The molecule has 0 amide bonds. The summed E-state index contributed by atoms with van der Waals surface area (Å²) in [6, 6.07) is 7.88. The maximum atomic E-state index is 6.06. The van der Waals surface area contributed by atoms with Crippen molar-refractivity contribution >= 4 is 28.9 Å². The van der Waals surface area contributed by atoms with Gasteiger partial charge in [0, 0.05) is 30.0 Å². The van der Waals surface area contributed by atoms with Gasteiger partial charge in [0.25, 0.3) is 0 Å². The summed E-state index contributed by atoms with van der Waals surface area (Å²) < 4.78 is 0. The van der Waals surface area contributed by atoms with E-state index in [4.69, 9.17) is 16.6 Å². The lowest BCUT2D eigenvalue weighted by atomic mass is 9.97. The second kappa shape index (κ2) is 10.8. The van der Waals surface area contributed by atoms with Crippen molar-refractivity contribution in [3.05, 3.63) is 50.9 Å². The van der Waals surface area contributed by atoms with Crippen LogP contribution in [0, 0.1) is 12.8 Å². The molecule has 1 aliphatic heterocycles. The zero-order chi connectivity index (χ0) is 19.8. The molecule has 0 spiro atoms. The van der Waals surface area contributed by atoms with Gasteiger partial charge >= 0.3 is 0 Å². The molecule has 152 valence electrons. The highest BCUT2D eigenvalue weighted by atomic mass is 35.5. The average molecular weight is 420 g/mol. The van der Waals surface area contributed by atoms with Gasteiger partial charge in [-0.2, -0.15) is 0 Å². The molecule has 1 aromatic carbocycles. The second-order valence-corrected chi connectivity index (χ2v) is 8.78. The maximum absolute atomic E-state index is 6.06. The lowest BCUT2D eigenvalue weighted by Gasteiger charge is -2.31. The molecule has 7 heteroatoms. The van der Waals surface area contributed by atoms with Crippen LogP contribution >= 0.6 is 22.9 Å². The zero-order valence-electron chi connectivity index (χ0n) is 16.7. The lowest BCUT2D eigenvalue weighted by Crippen LogP contribution is -2.42. The molecule has 28 heavy (non-hydrogen) atoms. The largest absolute Gasteiger partial charge is 0.357 e. The summed E-state index contributed by atoms with van der Waals surface area (Å²) in [6.45, 7) is 9.86. The molecule has 1 saturated heterocycles. The summed E-state index contributed by atoms with van der Waals surface area (Å²) in [7, 11) is 0. The Morgan fingerprint density at radius 2 is 2.14 bits per heavy atom. The predicted octanol–water partition coefficient (Wildman–Crippen LogP) is 4.07. The molecular weight excluding hydrogens is 390 g/mol. The number of likely N-dealkylation sites (tertiary alicyclic amines) is 1. The third kappa shape index (κ3) is 6.76. The van der Waals surface area contributed by atoms with Gasteiger partial charge in [0.2, 0.25) is 0 Å². The van der Waals surface area contributed by atoms with Gasteiger partial charge in [-0.25, -0.2) is 9.98 Å². The molecular formula is C21H30ClN5S. The Balaban J connectivity index is 1.43. The first kappa shape index (κ1) is 21.1. The van der Waals surface area contributed by atoms with Gasteiger partial charge in [-0.05, 0) is 63.4 Å². The van der Waals surface area contributed by atoms with Gasteiger partial charge in [0.05, 0.1) is 17.2 Å². The van der Waals surface area contributed by atoms with Gasteiger partial charge in [-0.1, -0.05) is 23.7 Å². The topological polar surface area (TPSA) is 52.6 Å². The first-order valence-electron chi connectivity index (χ1n) is 10.0. The molecule has 2 aromatic rings. The summed E-state index contributed by atoms with van der Waals surface area (Å²) in [5.74, 6) is 1.56. The number of nitrogens with zero attached hydrogens (tertiary/aromatic N) is 3. The number of guanidine groups is 1. The Bertz CT molecular complexity index is 768. The summed E-state index contributed by atoms with van der Waals surface area (Å²) in [5.41, 5.74) is 2.33. The summed E-state index contributed by atoms with van der Waals surface area (Å²) in [6.07, 6.45) is 2.42. The minimum atomic E-state index is 0.626. The first-order valence-corrected chi connectivity index (χ1v) is 11.3. The predicted molar refractivity (Wildman–Crippen MR) is 119 cm³/mol. The van der Waals surface area contributed by atoms with E-state index in [1.807, 2.05) is 18.2 Å². The van der Waals surface area contributed by atoms with Gasteiger partial charge in [0.1, 0.15) is 0 Å². The highest BCUT2D eigenvalue weighted by molar-refractivity contribution is 7.09. The summed E-state index contributed by atoms with van der Waals surface area (Å²) >= 11 is 7.80. The fraction of sp³-hybridized carbons (Fsp3) is 0.524. The van der Waals surface area contributed by atoms with Crippen molar-refractivity contribution in [3.8, 4) is 0 Å². The van der Waals surface area contributed by atoms with Crippen LogP contribution < -0.4 is 10.6 Å². The Hall–Kier alpha value is -1.63. The SMILES string of the molecule is CCNC(=NCc1cccc(Cl)c1)NCC1CCN(Cc2csc(C)n2)CC1. The number of thiazole rings is 1. The molecule has 3 rings (SSSR count). The highest BCUT2D eigenvalue weighted by Crippen LogP contribution is 2.19. The standard InChI is InChI=1S/C21H30ClN5S/c1-3-23-21(25-13-18-5-4-6-19(22)11-18)24-12-17-7-9-27(10-8-17)14-20-15-28-16(2)26-20/h4-6,11,15,17H,3,7-10,12-14H2,1-2H3,(H2,23,24,25). The number of piperidine rings is 1. The Morgan fingerprint density at radius 1 is 1.32 bits per heavy atom. The molecule has 0 unspecified atom stereocenters. The minimum Gasteiger partial charge on any atom is -0.357 e. The monoisotopic (exact) mass is 419 g/mol. The first-order chi connectivity index (χ1) is 13.6. The Kier molecular flexibility index (Phi) is 8.13. The molecule has 2 N–H and O–H groups in total. The van der Waals surface area contributed by atoms with Gasteiger partial charge in [-0.15, -0.1) is 11.3 Å². The Labute approximate surface area is 177 Å². The normalized spacial score (nSPS) is 16.3. The van der Waals surface area contributed by atoms with Crippen molar-refractivity contribution in [2.24, 2.45) is 10.9 Å². The minimum absolute atomic E-state index is 0.626. The van der Waals surface area contributed by atoms with E-state index in [1.165, 1.54) is 18.5 Å². The average Bonchev–Trinajstić information content (AvgIpc) is 3.10. The number of halogens is 1. The van der Waals surface area contributed by atoms with Crippen molar-refractivity contribution < 1.29 is 0 Å². The van der Waals surface area contributed by atoms with E-state index in [-0.39, 0.29) is 0 Å². The van der Waals surface area contributed by atoms with Crippen LogP contribution in [0.1, 0.15) is 36.0 Å². The fourth-order valence-electron chi connectivity index (χ4n) is 3.45. The molecule has 0 aliphatic carbocycles. The number of rotatable bonds is 7. The molecule has 5 nitrogen and oxygen atoms in total. The third-order valence-corrected chi connectivity index (χ3v) is 6.03. The number of hydrogen-bond acceptors (Lipinski definition) is 4. The van der Waals surface area contributed by atoms with E-state index >= 15 is 0 Å². The van der Waals surface area contributed by atoms with Crippen LogP contribution in [-0.2, 0) is 13.1 Å². The number of hydrogen-bond donors (Lipinski definition) is 2. The number of aliphatic imine (C=N–C) groups is 1. The maximum Gasteiger partial charge on any atom is 0.191 e. The second-order valence-electron chi connectivity index (χ2n) is 7.28. The van der Waals surface area contributed by atoms with Crippen LogP contribution in [0.25, 0.3) is 0 Å². The van der Waals surface area contributed by atoms with E-state index in [0.717, 1.165) is 54.3 Å². The van der Waals surface area contributed by atoms with Crippen molar-refractivity contribution in [2.75, 3.05) is 26.2 Å². The lowest BCUT2D eigenvalue weighted by molar-refractivity contribution is 0.176. The third-order valence-electron chi connectivity index (χ3n) is 4.97. The van der Waals surface area contributed by atoms with Crippen molar-refractivity contribution in [3.63, 3.8) is 0 Å². The van der Waals surface area contributed by atoms with Crippen LogP contribution in [-0.4, -0.2) is 42.0 Å². The van der Waals surface area contributed by atoms with Crippen LogP contribution in [0.3, 0.4) is 0 Å². The molecule has 2 heterocycles. The van der Waals surface area contributed by atoms with E-state index in [0.29, 0.717) is 12.5 Å². The zero-order valence-corrected chi connectivity index (χ0v) is 18.3. The van der Waals surface area contributed by atoms with E-state index in [9.17, 15) is 0 Å². The van der Waals surface area contributed by atoms with E-state index in [2.05, 4.69) is 45.8 Å². The van der Waals surface area contributed by atoms with Crippen molar-refractivity contribution in [2.45, 2.75) is 39.8 Å². The van der Waals surface area contributed by atoms with Crippen molar-refractivity contribution in [1.82, 2.24) is 20.5 Å². The quantitative estimate of drug-likeness (QED) is 0.524. The van der Waals surface area contributed by atoms with Crippen LogP contribution in [0.15, 0.2) is 34.6 Å². The molecule has 0 saturated carbocycles. The number of nitrogens with one attached hydrogen (secondary N) is 2. The van der Waals surface area contributed by atoms with Gasteiger partial charge < -0.3 is 10.6 Å². The van der Waals surface area contributed by atoms with E-state index in [1.54, 1.807) is 11.3 Å². The number of benzene rings is 1. The molecule has 1 aliphatic rings. The molecule has 0 bridgehead atoms. The van der Waals surface area contributed by atoms with Crippen LogP contribution in [0.4, 0.5) is 0 Å². The number of aryl methyl sites for hydroxylation is 1. The molecule has 0 radical (unpaired) electrons. The van der Waals surface area contributed by atoms with Crippen LogP contribution in [0.2, 0.25) is 5.02 Å². The fourth-order valence-corrected chi connectivity index (χ4v) is 4.26. The van der Waals surface area contributed by atoms with Crippen molar-refractivity contribution in [1.29, 1.82) is 0 Å². The van der Waals surface area contributed by atoms with Crippen LogP contribution in [0.5, 0.6) is 0 Å². The Morgan fingerprint density at radius 3 is 2.82 bits per heavy atom. The van der Waals surface area contributed by atoms with Gasteiger partial charge in [-0.3, -0.25) is 4.90 Å². The van der Waals surface area contributed by atoms with E-state index < -0.39 is 0 Å². The molecule has 1 fully saturated rings.